The van der Waals surface area contributed by atoms with Crippen LogP contribution in [0.1, 0.15) is 47.4 Å². The molecule has 5 nitrogen and oxygen atoms in total. The van der Waals surface area contributed by atoms with E-state index in [9.17, 15) is 4.79 Å². The van der Waals surface area contributed by atoms with Crippen molar-refractivity contribution >= 4 is 17.5 Å². The maximum absolute atomic E-state index is 12.3. The predicted octanol–water partition coefficient (Wildman–Crippen LogP) is 3.87. The molecule has 1 saturated carbocycles. The van der Waals surface area contributed by atoms with E-state index in [0.29, 0.717) is 16.6 Å². The number of carbonyl (C=O) groups is 1. The zero-order chi connectivity index (χ0) is 17.8. The number of nitrogens with zero attached hydrogens (tertiary/aromatic N) is 2. The highest BCUT2D eigenvalue weighted by Crippen LogP contribution is 2.23. The summed E-state index contributed by atoms with van der Waals surface area (Å²) in [5, 5.41) is 3.65. The van der Waals surface area contributed by atoms with Gasteiger partial charge in [-0.25, -0.2) is 9.97 Å². The Hall–Kier alpha value is -2.14. The van der Waals surface area contributed by atoms with Crippen molar-refractivity contribution in [3.8, 4) is 6.01 Å². The first-order chi connectivity index (χ1) is 12.0. The van der Waals surface area contributed by atoms with Crippen molar-refractivity contribution in [1.29, 1.82) is 0 Å². The van der Waals surface area contributed by atoms with Crippen LogP contribution in [0, 0.1) is 13.8 Å². The summed E-state index contributed by atoms with van der Waals surface area (Å²) in [5.41, 5.74) is 2.41. The predicted molar refractivity (Wildman–Crippen MR) is 97.1 cm³/mol. The number of ether oxygens (including phenoxy) is 1. The average molecular weight is 360 g/mol. The van der Waals surface area contributed by atoms with Gasteiger partial charge >= 0.3 is 6.01 Å². The Bertz CT molecular complexity index is 738. The van der Waals surface area contributed by atoms with Gasteiger partial charge < -0.3 is 10.1 Å². The second-order valence-electron chi connectivity index (χ2n) is 6.51. The number of nitrogens with one attached hydrogen (secondary N) is 1. The van der Waals surface area contributed by atoms with Gasteiger partial charge in [-0.15, -0.1) is 0 Å². The number of carbonyl (C=O) groups excluding carboxylic acids is 1. The molecular weight excluding hydrogens is 338 g/mol. The fourth-order valence-electron chi connectivity index (χ4n) is 3.12. The van der Waals surface area contributed by atoms with Gasteiger partial charge in [0.15, 0.2) is 0 Å². The van der Waals surface area contributed by atoms with Gasteiger partial charge in [-0.2, -0.15) is 0 Å². The topological polar surface area (TPSA) is 64.1 Å². The van der Waals surface area contributed by atoms with Crippen molar-refractivity contribution in [3.05, 3.63) is 52.3 Å². The van der Waals surface area contributed by atoms with Crippen molar-refractivity contribution in [3.63, 3.8) is 0 Å². The molecule has 132 valence electrons. The first-order valence-electron chi connectivity index (χ1n) is 8.55. The van der Waals surface area contributed by atoms with Crippen molar-refractivity contribution in [2.45, 2.75) is 51.7 Å². The van der Waals surface area contributed by atoms with Crippen LogP contribution in [0.5, 0.6) is 6.01 Å². The molecule has 0 aliphatic heterocycles. The van der Waals surface area contributed by atoms with Gasteiger partial charge in [0.2, 0.25) is 0 Å². The largest absolute Gasteiger partial charge is 0.460 e. The number of hydrogen-bond acceptors (Lipinski definition) is 4. The van der Waals surface area contributed by atoms with Gasteiger partial charge in [0.05, 0.1) is 0 Å². The molecule has 1 amide bonds. The number of rotatable bonds is 4. The Morgan fingerprint density at radius 1 is 1.12 bits per heavy atom. The summed E-state index contributed by atoms with van der Waals surface area (Å²) in [5.74, 6) is -0.0792. The van der Waals surface area contributed by atoms with Gasteiger partial charge in [-0.3, -0.25) is 4.79 Å². The van der Waals surface area contributed by atoms with E-state index >= 15 is 0 Å². The fraction of sp³-hybridized carbons (Fsp3) is 0.421. The molecule has 25 heavy (non-hydrogen) atoms. The minimum absolute atomic E-state index is 0.0792. The number of amides is 1. The second-order valence-corrected chi connectivity index (χ2v) is 6.95. The quantitative estimate of drug-likeness (QED) is 0.900. The Morgan fingerprint density at radius 3 is 2.44 bits per heavy atom. The molecule has 0 bridgehead atoms. The van der Waals surface area contributed by atoms with Crippen molar-refractivity contribution in [2.75, 3.05) is 0 Å². The lowest BCUT2D eigenvalue weighted by Crippen LogP contribution is -2.39. The Balaban J connectivity index is 1.51. The smallest absolute Gasteiger partial charge is 0.317 e. The molecule has 2 aromatic rings. The fourth-order valence-corrected chi connectivity index (χ4v) is 3.31. The molecule has 6 heteroatoms. The molecular formula is C19H22ClN3O2. The van der Waals surface area contributed by atoms with Gasteiger partial charge in [-0.1, -0.05) is 17.7 Å². The first kappa shape index (κ1) is 17.7. The second kappa shape index (κ2) is 7.83. The molecule has 1 fully saturated rings. The van der Waals surface area contributed by atoms with E-state index in [1.807, 2.05) is 19.9 Å². The highest BCUT2D eigenvalue weighted by Gasteiger charge is 2.24. The van der Waals surface area contributed by atoms with Gasteiger partial charge in [0, 0.05) is 28.0 Å². The lowest BCUT2D eigenvalue weighted by atomic mass is 9.92. The summed E-state index contributed by atoms with van der Waals surface area (Å²) < 4.78 is 5.92. The monoisotopic (exact) mass is 359 g/mol. The normalized spacial score (nSPS) is 20.1. The van der Waals surface area contributed by atoms with E-state index in [2.05, 4.69) is 15.3 Å². The van der Waals surface area contributed by atoms with E-state index in [1.54, 1.807) is 24.3 Å². The number of halogens is 1. The molecule has 1 aliphatic carbocycles. The van der Waals surface area contributed by atoms with Gasteiger partial charge in [0.25, 0.3) is 5.91 Å². The molecule has 0 spiro atoms. The molecule has 1 heterocycles. The van der Waals surface area contributed by atoms with Crippen LogP contribution in [0.3, 0.4) is 0 Å². The third kappa shape index (κ3) is 4.92. The molecule has 3 rings (SSSR count). The summed E-state index contributed by atoms with van der Waals surface area (Å²) in [7, 11) is 0. The highest BCUT2D eigenvalue weighted by atomic mass is 35.5. The SMILES string of the molecule is Cc1cc(C)nc(OC2CCC(NC(=O)c3cccc(Cl)c3)CC2)n1. The number of benzene rings is 1. The first-order valence-corrected chi connectivity index (χ1v) is 8.93. The minimum Gasteiger partial charge on any atom is -0.460 e. The lowest BCUT2D eigenvalue weighted by molar-refractivity contribution is 0.0884. The summed E-state index contributed by atoms with van der Waals surface area (Å²) in [6.45, 7) is 3.87. The molecule has 1 aromatic heterocycles. The van der Waals surface area contributed by atoms with E-state index in [1.165, 1.54) is 0 Å². The van der Waals surface area contributed by atoms with E-state index in [-0.39, 0.29) is 18.1 Å². The van der Waals surface area contributed by atoms with Crippen LogP contribution in [0.15, 0.2) is 30.3 Å². The lowest BCUT2D eigenvalue weighted by Gasteiger charge is -2.29. The van der Waals surface area contributed by atoms with Crippen LogP contribution in [-0.2, 0) is 0 Å². The average Bonchev–Trinajstić information content (AvgIpc) is 2.56. The maximum atomic E-state index is 12.3. The Kier molecular flexibility index (Phi) is 5.53. The van der Waals surface area contributed by atoms with Crippen LogP contribution in [-0.4, -0.2) is 28.0 Å². The van der Waals surface area contributed by atoms with Gasteiger partial charge in [-0.05, 0) is 63.8 Å². The summed E-state index contributed by atoms with van der Waals surface area (Å²) in [4.78, 5) is 20.9. The molecule has 1 aromatic carbocycles. The standard InChI is InChI=1S/C19H22ClN3O2/c1-12-10-13(2)22-19(21-12)25-17-8-6-16(7-9-17)23-18(24)14-4-3-5-15(20)11-14/h3-5,10-11,16-17H,6-9H2,1-2H3,(H,23,24). The molecule has 0 atom stereocenters. The maximum Gasteiger partial charge on any atom is 0.317 e. The molecule has 1 aliphatic rings. The summed E-state index contributed by atoms with van der Waals surface area (Å²) >= 11 is 5.94. The van der Waals surface area contributed by atoms with Crippen LogP contribution in [0.2, 0.25) is 5.02 Å². The van der Waals surface area contributed by atoms with E-state index in [0.717, 1.165) is 37.1 Å². The zero-order valence-corrected chi connectivity index (χ0v) is 15.2. The zero-order valence-electron chi connectivity index (χ0n) is 14.5. The van der Waals surface area contributed by atoms with E-state index < -0.39 is 0 Å². The van der Waals surface area contributed by atoms with Crippen LogP contribution >= 0.6 is 11.6 Å². The number of hydrogen-bond donors (Lipinski definition) is 1. The van der Waals surface area contributed by atoms with Crippen LogP contribution in [0.25, 0.3) is 0 Å². The molecule has 0 radical (unpaired) electrons. The van der Waals surface area contributed by atoms with Crippen LogP contribution < -0.4 is 10.1 Å². The Morgan fingerprint density at radius 2 is 1.80 bits per heavy atom. The number of aryl methyl sites for hydroxylation is 2. The molecule has 0 unspecified atom stereocenters. The number of aromatic nitrogens is 2. The molecule has 0 saturated heterocycles. The van der Waals surface area contributed by atoms with E-state index in [4.69, 9.17) is 16.3 Å². The minimum atomic E-state index is -0.0792. The summed E-state index contributed by atoms with van der Waals surface area (Å²) in [6, 6.07) is 9.53. The third-order valence-corrected chi connectivity index (χ3v) is 4.57. The van der Waals surface area contributed by atoms with Crippen molar-refractivity contribution in [1.82, 2.24) is 15.3 Å². The highest BCUT2D eigenvalue weighted by molar-refractivity contribution is 6.30. The Labute approximate surface area is 152 Å². The molecule has 1 N–H and O–H groups in total. The van der Waals surface area contributed by atoms with Crippen molar-refractivity contribution < 1.29 is 9.53 Å². The van der Waals surface area contributed by atoms with Crippen LogP contribution in [0.4, 0.5) is 0 Å². The van der Waals surface area contributed by atoms with Crippen molar-refractivity contribution in [2.24, 2.45) is 0 Å². The van der Waals surface area contributed by atoms with Gasteiger partial charge in [0.1, 0.15) is 6.10 Å². The third-order valence-electron chi connectivity index (χ3n) is 4.33. The summed E-state index contributed by atoms with van der Waals surface area (Å²) in [6.07, 6.45) is 3.59.